The predicted molar refractivity (Wildman–Crippen MR) is 103 cm³/mol. The van der Waals surface area contributed by atoms with Crippen molar-refractivity contribution in [3.05, 3.63) is 71.0 Å². The van der Waals surface area contributed by atoms with E-state index in [1.807, 2.05) is 36.1 Å². The zero-order valence-corrected chi connectivity index (χ0v) is 15.7. The van der Waals surface area contributed by atoms with Crippen LogP contribution in [0.3, 0.4) is 0 Å². The summed E-state index contributed by atoms with van der Waals surface area (Å²) in [5, 5.41) is 0. The van der Waals surface area contributed by atoms with Crippen molar-refractivity contribution >= 4 is 11.8 Å². The van der Waals surface area contributed by atoms with Crippen molar-refractivity contribution in [1.29, 1.82) is 0 Å². The van der Waals surface area contributed by atoms with E-state index in [0.717, 1.165) is 11.1 Å². The van der Waals surface area contributed by atoms with Gasteiger partial charge in [-0.25, -0.2) is 4.39 Å². The Morgan fingerprint density at radius 2 is 1.41 bits per heavy atom. The van der Waals surface area contributed by atoms with E-state index in [2.05, 4.69) is 0 Å². The number of carbonyl (C=O) groups excluding carboxylic acids is 2. The van der Waals surface area contributed by atoms with Crippen molar-refractivity contribution in [2.75, 3.05) is 26.2 Å². The number of rotatable bonds is 5. The van der Waals surface area contributed by atoms with Gasteiger partial charge in [0.15, 0.2) is 0 Å². The molecule has 2 aromatic carbocycles. The SMILES string of the molecule is Cc1ccccc1CC(=O)N1CCN(C(=O)CCc2ccccc2F)CC1. The van der Waals surface area contributed by atoms with E-state index in [1.165, 1.54) is 6.07 Å². The van der Waals surface area contributed by atoms with Gasteiger partial charge in [-0.05, 0) is 36.1 Å². The minimum atomic E-state index is -0.267. The Labute approximate surface area is 159 Å². The molecule has 0 radical (unpaired) electrons. The van der Waals surface area contributed by atoms with Crippen LogP contribution in [0.4, 0.5) is 4.39 Å². The van der Waals surface area contributed by atoms with Crippen LogP contribution in [0.15, 0.2) is 48.5 Å². The van der Waals surface area contributed by atoms with E-state index in [9.17, 15) is 14.0 Å². The second-order valence-electron chi connectivity index (χ2n) is 6.96. The molecule has 1 saturated heterocycles. The fourth-order valence-corrected chi connectivity index (χ4v) is 3.39. The fourth-order valence-electron chi connectivity index (χ4n) is 3.39. The van der Waals surface area contributed by atoms with Gasteiger partial charge in [-0.3, -0.25) is 9.59 Å². The Morgan fingerprint density at radius 3 is 2.04 bits per heavy atom. The minimum Gasteiger partial charge on any atom is -0.339 e. The number of carbonyl (C=O) groups is 2. The van der Waals surface area contributed by atoms with Crippen molar-refractivity contribution in [2.45, 2.75) is 26.2 Å². The van der Waals surface area contributed by atoms with Gasteiger partial charge in [-0.1, -0.05) is 42.5 Å². The lowest BCUT2D eigenvalue weighted by Gasteiger charge is -2.35. The van der Waals surface area contributed by atoms with Crippen LogP contribution >= 0.6 is 0 Å². The first-order chi connectivity index (χ1) is 13.0. The first kappa shape index (κ1) is 19.1. The standard InChI is InChI=1S/C22H25FN2O2/c1-17-6-2-3-8-19(17)16-22(27)25-14-12-24(13-15-25)21(26)11-10-18-7-4-5-9-20(18)23/h2-9H,10-16H2,1H3. The third-order valence-corrected chi connectivity index (χ3v) is 5.15. The number of aryl methyl sites for hydroxylation is 2. The summed E-state index contributed by atoms with van der Waals surface area (Å²) >= 11 is 0. The molecule has 0 aliphatic carbocycles. The van der Waals surface area contributed by atoms with Crippen molar-refractivity contribution in [3.63, 3.8) is 0 Å². The maximum absolute atomic E-state index is 13.7. The molecule has 2 amide bonds. The van der Waals surface area contributed by atoms with Crippen LogP contribution in [0.5, 0.6) is 0 Å². The van der Waals surface area contributed by atoms with Gasteiger partial charge in [0.05, 0.1) is 6.42 Å². The molecule has 1 heterocycles. The Balaban J connectivity index is 1.47. The molecule has 0 aromatic heterocycles. The Kier molecular flexibility index (Phi) is 6.22. The normalized spacial score (nSPS) is 14.3. The number of hydrogen-bond donors (Lipinski definition) is 0. The molecule has 4 nitrogen and oxygen atoms in total. The molecular formula is C22H25FN2O2. The van der Waals surface area contributed by atoms with E-state index < -0.39 is 0 Å². The molecule has 142 valence electrons. The first-order valence-corrected chi connectivity index (χ1v) is 9.38. The zero-order chi connectivity index (χ0) is 19.2. The Hall–Kier alpha value is -2.69. The second-order valence-corrected chi connectivity index (χ2v) is 6.96. The highest BCUT2D eigenvalue weighted by molar-refractivity contribution is 5.80. The maximum Gasteiger partial charge on any atom is 0.227 e. The highest BCUT2D eigenvalue weighted by Crippen LogP contribution is 2.13. The molecule has 3 rings (SSSR count). The molecule has 1 aliphatic rings. The summed E-state index contributed by atoms with van der Waals surface area (Å²) in [4.78, 5) is 28.5. The lowest BCUT2D eigenvalue weighted by Crippen LogP contribution is -2.51. The Morgan fingerprint density at radius 1 is 0.852 bits per heavy atom. The van der Waals surface area contributed by atoms with Crippen molar-refractivity contribution in [2.24, 2.45) is 0 Å². The summed E-state index contributed by atoms with van der Waals surface area (Å²) in [6.07, 6.45) is 1.09. The summed E-state index contributed by atoms with van der Waals surface area (Å²) in [6, 6.07) is 14.5. The molecule has 0 N–H and O–H groups in total. The number of benzene rings is 2. The minimum absolute atomic E-state index is 0.0178. The number of nitrogens with zero attached hydrogens (tertiary/aromatic N) is 2. The molecule has 1 fully saturated rings. The molecule has 0 unspecified atom stereocenters. The highest BCUT2D eigenvalue weighted by atomic mass is 19.1. The quantitative estimate of drug-likeness (QED) is 0.814. The van der Waals surface area contributed by atoms with E-state index >= 15 is 0 Å². The monoisotopic (exact) mass is 368 g/mol. The topological polar surface area (TPSA) is 40.6 Å². The molecule has 0 bridgehead atoms. The zero-order valence-electron chi connectivity index (χ0n) is 15.7. The van der Waals surface area contributed by atoms with Gasteiger partial charge in [0.2, 0.25) is 11.8 Å². The van der Waals surface area contributed by atoms with Crippen LogP contribution in [0.25, 0.3) is 0 Å². The van der Waals surface area contributed by atoms with Crippen LogP contribution in [-0.4, -0.2) is 47.8 Å². The second kappa shape index (κ2) is 8.80. The number of halogens is 1. The summed E-state index contributed by atoms with van der Waals surface area (Å²) in [6.45, 7) is 4.19. The summed E-state index contributed by atoms with van der Waals surface area (Å²) in [5.74, 6) is -0.149. The Bertz CT molecular complexity index is 813. The van der Waals surface area contributed by atoms with Gasteiger partial charge in [-0.2, -0.15) is 0 Å². The van der Waals surface area contributed by atoms with E-state index in [-0.39, 0.29) is 24.1 Å². The van der Waals surface area contributed by atoms with E-state index in [1.54, 1.807) is 23.1 Å². The fraction of sp³-hybridized carbons (Fsp3) is 0.364. The summed E-state index contributed by atoms with van der Waals surface area (Å²) < 4.78 is 13.7. The lowest BCUT2D eigenvalue weighted by atomic mass is 10.0. The average Bonchev–Trinajstić information content (AvgIpc) is 2.69. The van der Waals surface area contributed by atoms with Crippen LogP contribution in [0, 0.1) is 12.7 Å². The number of hydrogen-bond acceptors (Lipinski definition) is 2. The van der Waals surface area contributed by atoms with Crippen LogP contribution < -0.4 is 0 Å². The molecule has 0 spiro atoms. The van der Waals surface area contributed by atoms with E-state index in [4.69, 9.17) is 0 Å². The first-order valence-electron chi connectivity index (χ1n) is 9.38. The highest BCUT2D eigenvalue weighted by Gasteiger charge is 2.24. The third-order valence-electron chi connectivity index (χ3n) is 5.15. The van der Waals surface area contributed by atoms with Gasteiger partial charge in [0.25, 0.3) is 0 Å². The van der Waals surface area contributed by atoms with Crippen LogP contribution in [0.1, 0.15) is 23.1 Å². The number of amides is 2. The lowest BCUT2D eigenvalue weighted by molar-refractivity contribution is -0.139. The summed E-state index contributed by atoms with van der Waals surface area (Å²) in [5.41, 5.74) is 2.73. The van der Waals surface area contributed by atoms with Crippen molar-refractivity contribution < 1.29 is 14.0 Å². The van der Waals surface area contributed by atoms with Crippen molar-refractivity contribution in [3.8, 4) is 0 Å². The third kappa shape index (κ3) is 4.94. The molecule has 27 heavy (non-hydrogen) atoms. The van der Waals surface area contributed by atoms with Gasteiger partial charge in [0.1, 0.15) is 5.82 Å². The van der Waals surface area contributed by atoms with Crippen LogP contribution in [0.2, 0.25) is 0 Å². The van der Waals surface area contributed by atoms with Gasteiger partial charge in [-0.15, -0.1) is 0 Å². The van der Waals surface area contributed by atoms with Crippen LogP contribution in [-0.2, 0) is 22.4 Å². The molecule has 5 heteroatoms. The largest absolute Gasteiger partial charge is 0.339 e. The average molecular weight is 368 g/mol. The molecule has 1 aliphatic heterocycles. The van der Waals surface area contributed by atoms with Crippen molar-refractivity contribution in [1.82, 2.24) is 9.80 Å². The van der Waals surface area contributed by atoms with E-state index in [0.29, 0.717) is 44.6 Å². The maximum atomic E-state index is 13.7. The molecule has 2 aromatic rings. The van der Waals surface area contributed by atoms with Gasteiger partial charge in [0, 0.05) is 32.6 Å². The molecular weight excluding hydrogens is 343 g/mol. The number of piperazine rings is 1. The van der Waals surface area contributed by atoms with Gasteiger partial charge >= 0.3 is 0 Å². The smallest absolute Gasteiger partial charge is 0.227 e. The predicted octanol–water partition coefficient (Wildman–Crippen LogP) is 2.98. The summed E-state index contributed by atoms with van der Waals surface area (Å²) in [7, 11) is 0. The van der Waals surface area contributed by atoms with Gasteiger partial charge < -0.3 is 9.80 Å². The molecule has 0 saturated carbocycles. The molecule has 0 atom stereocenters.